The van der Waals surface area contributed by atoms with Crippen molar-refractivity contribution >= 4 is 11.9 Å². The van der Waals surface area contributed by atoms with Crippen LogP contribution in [0.4, 0.5) is 0 Å². The van der Waals surface area contributed by atoms with Crippen molar-refractivity contribution < 1.29 is 14.3 Å². The highest BCUT2D eigenvalue weighted by Gasteiger charge is 2.40. The smallest absolute Gasteiger partial charge is 0.306 e. The molecule has 3 fully saturated rings. The molecule has 3 rings (SSSR count). The van der Waals surface area contributed by atoms with E-state index in [1.54, 1.807) is 0 Å². The molecule has 0 atom stereocenters. The highest BCUT2D eigenvalue weighted by atomic mass is 16.5. The van der Waals surface area contributed by atoms with Crippen molar-refractivity contribution in [3.8, 4) is 0 Å². The first-order chi connectivity index (χ1) is 11.6. The van der Waals surface area contributed by atoms with Crippen LogP contribution >= 0.6 is 0 Å². The number of esters is 1. The summed E-state index contributed by atoms with van der Waals surface area (Å²) >= 11 is 0. The molecule has 0 aromatic carbocycles. The minimum atomic E-state index is -0.169. The number of hydrogen-bond acceptors (Lipinski definition) is 4. The molecule has 2 aliphatic heterocycles. The van der Waals surface area contributed by atoms with Crippen LogP contribution in [0, 0.1) is 5.41 Å². The van der Waals surface area contributed by atoms with E-state index in [0.717, 1.165) is 51.6 Å². The van der Waals surface area contributed by atoms with E-state index in [-0.39, 0.29) is 17.3 Å². The highest BCUT2D eigenvalue weighted by molar-refractivity contribution is 5.78. The van der Waals surface area contributed by atoms with Gasteiger partial charge in [0.05, 0.1) is 13.5 Å². The molecule has 136 valence electrons. The number of likely N-dealkylation sites (tertiary alicyclic amines) is 2. The van der Waals surface area contributed by atoms with E-state index in [0.29, 0.717) is 18.9 Å². The van der Waals surface area contributed by atoms with Crippen LogP contribution in [0.5, 0.6) is 0 Å². The van der Waals surface area contributed by atoms with Gasteiger partial charge in [-0.2, -0.15) is 0 Å². The second-order valence-corrected chi connectivity index (χ2v) is 7.99. The van der Waals surface area contributed by atoms with Gasteiger partial charge in [0, 0.05) is 25.6 Å². The molecule has 0 N–H and O–H groups in total. The Bertz CT molecular complexity index is 446. The lowest BCUT2D eigenvalue weighted by atomic mass is 9.79. The van der Waals surface area contributed by atoms with E-state index in [4.69, 9.17) is 4.74 Å². The molecule has 0 unspecified atom stereocenters. The predicted octanol–water partition coefficient (Wildman–Crippen LogP) is 2.59. The van der Waals surface area contributed by atoms with Crippen molar-refractivity contribution in [2.45, 2.75) is 70.3 Å². The first-order valence-corrected chi connectivity index (χ1v) is 9.71. The predicted molar refractivity (Wildman–Crippen MR) is 92.6 cm³/mol. The Kier molecular flexibility index (Phi) is 5.80. The molecule has 1 saturated carbocycles. The normalized spacial score (nSPS) is 25.1. The molecular weight excluding hydrogens is 304 g/mol. The van der Waals surface area contributed by atoms with Gasteiger partial charge in [-0.25, -0.2) is 0 Å². The number of ether oxygens (including phenoxy) is 1. The maximum atomic E-state index is 12.8. The Morgan fingerprint density at radius 1 is 0.958 bits per heavy atom. The van der Waals surface area contributed by atoms with Gasteiger partial charge < -0.3 is 14.5 Å². The van der Waals surface area contributed by atoms with E-state index >= 15 is 0 Å². The first-order valence-electron chi connectivity index (χ1n) is 9.71. The number of nitrogens with zero attached hydrogens (tertiary/aromatic N) is 2. The maximum absolute atomic E-state index is 12.8. The molecule has 2 saturated heterocycles. The van der Waals surface area contributed by atoms with Crippen molar-refractivity contribution in [1.29, 1.82) is 0 Å². The molecule has 0 spiro atoms. The van der Waals surface area contributed by atoms with E-state index in [9.17, 15) is 9.59 Å². The van der Waals surface area contributed by atoms with E-state index in [1.807, 2.05) is 4.90 Å². The minimum Gasteiger partial charge on any atom is -0.469 e. The van der Waals surface area contributed by atoms with Gasteiger partial charge in [0.25, 0.3) is 0 Å². The number of carbonyl (C=O) groups is 2. The Morgan fingerprint density at radius 3 is 2.17 bits per heavy atom. The molecule has 2 heterocycles. The average Bonchev–Trinajstić information content (AvgIpc) is 3.27. The Labute approximate surface area is 145 Å². The van der Waals surface area contributed by atoms with Crippen LogP contribution in [-0.2, 0) is 14.3 Å². The number of carbonyl (C=O) groups excluding carboxylic acids is 2. The summed E-state index contributed by atoms with van der Waals surface area (Å²) < 4.78 is 4.87. The summed E-state index contributed by atoms with van der Waals surface area (Å²) in [6, 6.07) is 0.673. The molecule has 5 nitrogen and oxygen atoms in total. The fourth-order valence-corrected chi connectivity index (χ4v) is 4.94. The molecule has 0 bridgehead atoms. The Morgan fingerprint density at radius 2 is 1.58 bits per heavy atom. The van der Waals surface area contributed by atoms with Crippen LogP contribution in [0.3, 0.4) is 0 Å². The van der Waals surface area contributed by atoms with E-state index in [1.165, 1.54) is 33.0 Å². The maximum Gasteiger partial charge on any atom is 0.306 e. The lowest BCUT2D eigenvalue weighted by Crippen LogP contribution is -2.46. The molecule has 1 amide bonds. The zero-order valence-electron chi connectivity index (χ0n) is 15.1. The van der Waals surface area contributed by atoms with Crippen LogP contribution in [0.1, 0.15) is 64.2 Å². The van der Waals surface area contributed by atoms with Gasteiger partial charge in [0.1, 0.15) is 0 Å². The largest absolute Gasteiger partial charge is 0.469 e. The van der Waals surface area contributed by atoms with E-state index < -0.39 is 0 Å². The van der Waals surface area contributed by atoms with Crippen molar-refractivity contribution in [3.63, 3.8) is 0 Å². The van der Waals surface area contributed by atoms with Crippen LogP contribution in [-0.4, -0.2) is 61.0 Å². The highest BCUT2D eigenvalue weighted by Crippen LogP contribution is 2.44. The lowest BCUT2D eigenvalue weighted by Gasteiger charge is -2.38. The fraction of sp³-hybridized carbons (Fsp3) is 0.895. The van der Waals surface area contributed by atoms with Gasteiger partial charge in [-0.15, -0.1) is 0 Å². The zero-order chi connectivity index (χ0) is 17.0. The summed E-state index contributed by atoms with van der Waals surface area (Å²) in [5.41, 5.74) is -0.143. The quantitative estimate of drug-likeness (QED) is 0.724. The summed E-state index contributed by atoms with van der Waals surface area (Å²) in [6.45, 7) is 4.24. The van der Waals surface area contributed by atoms with Gasteiger partial charge in [-0.1, -0.05) is 12.8 Å². The van der Waals surface area contributed by atoms with Crippen molar-refractivity contribution in [2.75, 3.05) is 33.3 Å². The lowest BCUT2D eigenvalue weighted by molar-refractivity contribution is -0.144. The van der Waals surface area contributed by atoms with Gasteiger partial charge in [-0.05, 0) is 57.0 Å². The summed E-state index contributed by atoms with van der Waals surface area (Å²) in [7, 11) is 1.44. The summed E-state index contributed by atoms with van der Waals surface area (Å²) in [6.07, 6.45) is 10.0. The molecule has 5 heteroatoms. The molecule has 0 aromatic heterocycles. The van der Waals surface area contributed by atoms with Gasteiger partial charge in [-0.3, -0.25) is 9.59 Å². The van der Waals surface area contributed by atoms with Crippen molar-refractivity contribution in [1.82, 2.24) is 9.80 Å². The second-order valence-electron chi connectivity index (χ2n) is 7.99. The molecule has 24 heavy (non-hydrogen) atoms. The van der Waals surface area contributed by atoms with Crippen LogP contribution in [0.25, 0.3) is 0 Å². The third kappa shape index (κ3) is 4.11. The van der Waals surface area contributed by atoms with Crippen LogP contribution < -0.4 is 0 Å². The van der Waals surface area contributed by atoms with Crippen LogP contribution in [0.15, 0.2) is 0 Å². The fourth-order valence-electron chi connectivity index (χ4n) is 4.94. The number of methoxy groups -OCH3 is 1. The first kappa shape index (κ1) is 17.7. The topological polar surface area (TPSA) is 49.9 Å². The zero-order valence-corrected chi connectivity index (χ0v) is 15.1. The minimum absolute atomic E-state index is 0.143. The SMILES string of the molecule is COC(=O)CC1(CC(=O)N2CCC(N3CCCC3)CC2)CCCC1. The average molecular weight is 336 g/mol. The summed E-state index contributed by atoms with van der Waals surface area (Å²) in [5, 5.41) is 0. The molecule has 0 aromatic rings. The number of piperidine rings is 1. The van der Waals surface area contributed by atoms with Gasteiger partial charge >= 0.3 is 5.97 Å². The van der Waals surface area contributed by atoms with Crippen LogP contribution in [0.2, 0.25) is 0 Å². The molecular formula is C19H32N2O3. The molecule has 0 radical (unpaired) electrons. The summed E-state index contributed by atoms with van der Waals surface area (Å²) in [4.78, 5) is 29.2. The Hall–Kier alpha value is -1.10. The number of amides is 1. The third-order valence-corrected chi connectivity index (χ3v) is 6.41. The monoisotopic (exact) mass is 336 g/mol. The van der Waals surface area contributed by atoms with Gasteiger partial charge in [0.2, 0.25) is 5.91 Å². The van der Waals surface area contributed by atoms with E-state index in [2.05, 4.69) is 4.90 Å². The Balaban J connectivity index is 1.51. The van der Waals surface area contributed by atoms with Crippen molar-refractivity contribution in [2.24, 2.45) is 5.41 Å². The third-order valence-electron chi connectivity index (χ3n) is 6.41. The summed E-state index contributed by atoms with van der Waals surface area (Å²) in [5.74, 6) is 0.0816. The number of rotatable bonds is 5. The van der Waals surface area contributed by atoms with Gasteiger partial charge in [0.15, 0.2) is 0 Å². The molecule has 1 aliphatic carbocycles. The number of hydrogen-bond donors (Lipinski definition) is 0. The second kappa shape index (κ2) is 7.85. The standard InChI is InChI=1S/C19H32N2O3/c1-24-18(23)15-19(8-2-3-9-19)14-17(22)21-12-6-16(7-13-21)20-10-4-5-11-20/h16H,2-15H2,1H3. The van der Waals surface area contributed by atoms with Crippen molar-refractivity contribution in [3.05, 3.63) is 0 Å². The molecule has 3 aliphatic rings.